The van der Waals surface area contributed by atoms with Gasteiger partial charge < -0.3 is 9.13 Å². The monoisotopic (exact) mass is 326 g/mol. The van der Waals surface area contributed by atoms with Gasteiger partial charge in [0.1, 0.15) is 11.6 Å². The van der Waals surface area contributed by atoms with Crippen molar-refractivity contribution >= 4 is 17.9 Å². The number of nitrogens with zero attached hydrogens (tertiary/aromatic N) is 4. The molecule has 5 heteroatoms. The van der Waals surface area contributed by atoms with Crippen LogP contribution in [0.5, 0.6) is 0 Å². The molecule has 0 aliphatic rings. The maximum Gasteiger partial charge on any atom is 0.178 e. The Kier molecular flexibility index (Phi) is 7.21. The van der Waals surface area contributed by atoms with Crippen molar-refractivity contribution in [2.45, 2.75) is 52.6 Å². The van der Waals surface area contributed by atoms with E-state index >= 15 is 0 Å². The summed E-state index contributed by atoms with van der Waals surface area (Å²) in [7, 11) is 0. The average Bonchev–Trinajstić information content (AvgIpc) is 3.23. The standard InChI is InChI=1S/C19H26N4O/c1-3-5-13-22-15-11-20-18(22)9-7-17(24)8-10-19-21-12-16-23(19)14-6-4-2/h7-12,15-16H,3-6,13-14H2,1-2H3/b9-7+,10-8+. The Balaban J connectivity index is 1.95. The lowest BCUT2D eigenvalue weighted by Crippen LogP contribution is -2.00. The highest BCUT2D eigenvalue weighted by molar-refractivity contribution is 6.04. The molecular formula is C19H26N4O. The van der Waals surface area contributed by atoms with Crippen LogP contribution in [-0.4, -0.2) is 24.9 Å². The fourth-order valence-corrected chi connectivity index (χ4v) is 2.36. The highest BCUT2D eigenvalue weighted by Gasteiger charge is 2.01. The Morgan fingerprint density at radius 3 is 1.79 bits per heavy atom. The van der Waals surface area contributed by atoms with Crippen molar-refractivity contribution in [3.63, 3.8) is 0 Å². The molecule has 0 saturated carbocycles. The Hall–Kier alpha value is -2.43. The topological polar surface area (TPSA) is 52.7 Å². The summed E-state index contributed by atoms with van der Waals surface area (Å²) < 4.78 is 4.13. The summed E-state index contributed by atoms with van der Waals surface area (Å²) in [6, 6.07) is 0. The summed E-state index contributed by atoms with van der Waals surface area (Å²) in [6.45, 7) is 6.17. The highest BCUT2D eigenvalue weighted by atomic mass is 16.1. The van der Waals surface area contributed by atoms with Gasteiger partial charge in [0.25, 0.3) is 0 Å². The van der Waals surface area contributed by atoms with Crippen molar-refractivity contribution < 1.29 is 4.79 Å². The normalized spacial score (nSPS) is 11.8. The molecule has 128 valence electrons. The van der Waals surface area contributed by atoms with Crippen molar-refractivity contribution in [2.24, 2.45) is 0 Å². The Morgan fingerprint density at radius 1 is 0.917 bits per heavy atom. The summed E-state index contributed by atoms with van der Waals surface area (Å²) in [6.07, 6.45) is 18.5. The number of ketones is 1. The van der Waals surface area contributed by atoms with E-state index in [9.17, 15) is 4.79 Å². The summed E-state index contributed by atoms with van der Waals surface area (Å²) in [5, 5.41) is 0. The average molecular weight is 326 g/mol. The van der Waals surface area contributed by atoms with Crippen molar-refractivity contribution in [1.29, 1.82) is 0 Å². The molecule has 24 heavy (non-hydrogen) atoms. The van der Waals surface area contributed by atoms with Gasteiger partial charge >= 0.3 is 0 Å². The number of allylic oxidation sites excluding steroid dienone is 2. The predicted octanol–water partition coefficient (Wildman–Crippen LogP) is 3.98. The number of imidazole rings is 2. The van der Waals surface area contributed by atoms with Crippen LogP contribution < -0.4 is 0 Å². The van der Waals surface area contributed by atoms with Crippen molar-refractivity contribution in [1.82, 2.24) is 19.1 Å². The lowest BCUT2D eigenvalue weighted by molar-refractivity contribution is -0.110. The Morgan fingerprint density at radius 2 is 1.38 bits per heavy atom. The first-order valence-corrected chi connectivity index (χ1v) is 8.67. The molecule has 2 heterocycles. The summed E-state index contributed by atoms with van der Waals surface area (Å²) in [4.78, 5) is 20.6. The zero-order chi connectivity index (χ0) is 17.2. The summed E-state index contributed by atoms with van der Waals surface area (Å²) in [5.41, 5.74) is 0. The van der Waals surface area contributed by atoms with Gasteiger partial charge in [-0.15, -0.1) is 0 Å². The molecule has 0 fully saturated rings. The minimum atomic E-state index is -0.0647. The van der Waals surface area contributed by atoms with Gasteiger partial charge in [0, 0.05) is 37.9 Å². The summed E-state index contributed by atoms with van der Waals surface area (Å²) >= 11 is 0. The molecule has 0 aliphatic carbocycles. The fraction of sp³-hybridized carbons (Fsp3) is 0.421. The van der Waals surface area contributed by atoms with E-state index < -0.39 is 0 Å². The molecule has 0 amide bonds. The van der Waals surface area contributed by atoms with Gasteiger partial charge in [-0.2, -0.15) is 0 Å². The van der Waals surface area contributed by atoms with Crippen LogP contribution in [-0.2, 0) is 17.9 Å². The predicted molar refractivity (Wildman–Crippen MR) is 97.3 cm³/mol. The Bertz CT molecular complexity index is 636. The van der Waals surface area contributed by atoms with E-state index in [1.54, 1.807) is 36.7 Å². The van der Waals surface area contributed by atoms with E-state index in [4.69, 9.17) is 0 Å². The van der Waals surface area contributed by atoms with Gasteiger partial charge in [0.15, 0.2) is 5.78 Å². The molecular weight excluding hydrogens is 300 g/mol. The van der Waals surface area contributed by atoms with Gasteiger partial charge in [0.2, 0.25) is 0 Å². The zero-order valence-electron chi connectivity index (χ0n) is 14.6. The quantitative estimate of drug-likeness (QED) is 0.621. The lowest BCUT2D eigenvalue weighted by Gasteiger charge is -2.03. The van der Waals surface area contributed by atoms with Crippen LogP contribution in [0.15, 0.2) is 36.9 Å². The second kappa shape index (κ2) is 9.65. The molecule has 0 aromatic carbocycles. The first-order valence-electron chi connectivity index (χ1n) is 8.67. The van der Waals surface area contributed by atoms with Crippen LogP contribution in [0.25, 0.3) is 12.2 Å². The van der Waals surface area contributed by atoms with Crippen molar-refractivity contribution in [3.8, 4) is 0 Å². The minimum Gasteiger partial charge on any atom is -0.331 e. The van der Waals surface area contributed by atoms with Crippen molar-refractivity contribution in [2.75, 3.05) is 0 Å². The molecule has 0 radical (unpaired) electrons. The number of aryl methyl sites for hydroxylation is 2. The molecule has 2 aromatic rings. The van der Waals surface area contributed by atoms with E-state index in [0.29, 0.717) is 0 Å². The van der Waals surface area contributed by atoms with Crippen LogP contribution in [0, 0.1) is 0 Å². The SMILES string of the molecule is CCCCn1ccnc1/C=C/C(=O)/C=C/c1nccn1CCCC. The highest BCUT2D eigenvalue weighted by Crippen LogP contribution is 2.05. The third-order valence-corrected chi connectivity index (χ3v) is 3.79. The molecule has 0 unspecified atom stereocenters. The van der Waals surface area contributed by atoms with Gasteiger partial charge in [-0.3, -0.25) is 4.79 Å². The first-order chi connectivity index (χ1) is 11.7. The van der Waals surface area contributed by atoms with E-state index in [-0.39, 0.29) is 5.78 Å². The lowest BCUT2D eigenvalue weighted by atomic mass is 10.3. The summed E-state index contributed by atoms with van der Waals surface area (Å²) in [5.74, 6) is 1.56. The Labute approximate surface area is 143 Å². The van der Waals surface area contributed by atoms with Crippen LogP contribution in [0.1, 0.15) is 51.2 Å². The first kappa shape index (κ1) is 17.9. The molecule has 0 atom stereocenters. The maximum atomic E-state index is 12.0. The molecule has 5 nitrogen and oxygen atoms in total. The van der Waals surface area contributed by atoms with Crippen molar-refractivity contribution in [3.05, 3.63) is 48.6 Å². The second-order valence-electron chi connectivity index (χ2n) is 5.73. The molecule has 0 saturated heterocycles. The van der Waals surface area contributed by atoms with Crippen LogP contribution in [0.3, 0.4) is 0 Å². The maximum absolute atomic E-state index is 12.0. The number of carbonyl (C=O) groups excluding carboxylic acids is 1. The van der Waals surface area contributed by atoms with Gasteiger partial charge in [-0.1, -0.05) is 26.7 Å². The number of carbonyl (C=O) groups is 1. The van der Waals surface area contributed by atoms with E-state index in [1.807, 2.05) is 12.4 Å². The van der Waals surface area contributed by atoms with Crippen LogP contribution in [0.2, 0.25) is 0 Å². The third-order valence-electron chi connectivity index (χ3n) is 3.79. The third kappa shape index (κ3) is 5.33. The number of aromatic nitrogens is 4. The molecule has 2 aromatic heterocycles. The molecule has 2 rings (SSSR count). The van der Waals surface area contributed by atoms with Gasteiger partial charge in [-0.05, 0) is 37.1 Å². The largest absolute Gasteiger partial charge is 0.331 e. The molecule has 0 spiro atoms. The number of rotatable bonds is 10. The van der Waals surface area contributed by atoms with E-state index in [0.717, 1.165) is 50.4 Å². The molecule has 0 bridgehead atoms. The number of hydrogen-bond donors (Lipinski definition) is 0. The van der Waals surface area contributed by atoms with Gasteiger partial charge in [-0.25, -0.2) is 9.97 Å². The van der Waals surface area contributed by atoms with Gasteiger partial charge in [0.05, 0.1) is 0 Å². The smallest absolute Gasteiger partial charge is 0.178 e. The van der Waals surface area contributed by atoms with Crippen LogP contribution in [0.4, 0.5) is 0 Å². The number of unbranched alkanes of at least 4 members (excludes halogenated alkanes) is 2. The van der Waals surface area contributed by atoms with E-state index in [1.165, 1.54) is 0 Å². The number of hydrogen-bond acceptors (Lipinski definition) is 3. The minimum absolute atomic E-state index is 0.0647. The second-order valence-corrected chi connectivity index (χ2v) is 5.73. The molecule has 0 aliphatic heterocycles. The molecule has 0 N–H and O–H groups in total. The van der Waals surface area contributed by atoms with E-state index in [2.05, 4.69) is 32.9 Å². The zero-order valence-corrected chi connectivity index (χ0v) is 14.6. The fourth-order valence-electron chi connectivity index (χ4n) is 2.36. The van der Waals surface area contributed by atoms with Crippen LogP contribution >= 0.6 is 0 Å².